The topological polar surface area (TPSA) is 77.0 Å². The first kappa shape index (κ1) is 23.8. The minimum absolute atomic E-state index is 0. The minimum atomic E-state index is -0.668. The second kappa shape index (κ2) is 10.9. The Labute approximate surface area is 179 Å². The Morgan fingerprint density at radius 1 is 1.38 bits per heavy atom. The number of guanidine groups is 1. The first-order valence-electron chi connectivity index (χ1n) is 9.57. The minimum Gasteiger partial charge on any atom is -0.387 e. The molecule has 0 radical (unpaired) electrons. The Balaban J connectivity index is 0.00000338. The van der Waals surface area contributed by atoms with Crippen LogP contribution < -0.4 is 10.6 Å². The zero-order valence-corrected chi connectivity index (χ0v) is 19.6. The summed E-state index contributed by atoms with van der Waals surface area (Å²) in [7, 11) is 0. The maximum Gasteiger partial charge on any atom is 0.225 e. The summed E-state index contributed by atoms with van der Waals surface area (Å²) in [6, 6.07) is 0.220. The second-order valence-electron chi connectivity index (χ2n) is 7.35. The molecule has 0 bridgehead atoms. The van der Waals surface area contributed by atoms with E-state index in [0.717, 1.165) is 50.6 Å². The summed E-state index contributed by atoms with van der Waals surface area (Å²) < 4.78 is 0. The van der Waals surface area contributed by atoms with E-state index >= 15 is 0 Å². The molecule has 0 aromatic rings. The van der Waals surface area contributed by atoms with Crippen LogP contribution in [0.15, 0.2) is 4.99 Å². The molecule has 2 rings (SSSR count). The van der Waals surface area contributed by atoms with Gasteiger partial charge in [0.2, 0.25) is 5.91 Å². The van der Waals surface area contributed by atoms with Crippen LogP contribution in [0.1, 0.15) is 47.0 Å². The lowest BCUT2D eigenvalue weighted by Crippen LogP contribution is -2.53. The van der Waals surface area contributed by atoms with Crippen molar-refractivity contribution in [2.75, 3.05) is 31.9 Å². The van der Waals surface area contributed by atoms with Crippen molar-refractivity contribution in [3.05, 3.63) is 0 Å². The molecule has 1 heterocycles. The number of likely N-dealkylation sites (tertiary alicyclic amines) is 1. The third kappa shape index (κ3) is 6.15. The molecule has 1 amide bonds. The fourth-order valence-electron chi connectivity index (χ4n) is 3.39. The number of thioether (sulfide) groups is 1. The number of halogens is 1. The van der Waals surface area contributed by atoms with E-state index < -0.39 is 5.60 Å². The third-order valence-electron chi connectivity index (χ3n) is 5.00. The van der Waals surface area contributed by atoms with Crippen molar-refractivity contribution < 1.29 is 9.90 Å². The van der Waals surface area contributed by atoms with E-state index in [9.17, 15) is 9.90 Å². The summed E-state index contributed by atoms with van der Waals surface area (Å²) in [5.74, 6) is 2.03. The first-order valence-corrected chi connectivity index (χ1v) is 10.6. The Morgan fingerprint density at radius 3 is 2.65 bits per heavy atom. The smallest absolute Gasteiger partial charge is 0.225 e. The van der Waals surface area contributed by atoms with Gasteiger partial charge in [0.1, 0.15) is 0 Å². The molecule has 0 aromatic heterocycles. The molecule has 1 saturated carbocycles. The van der Waals surface area contributed by atoms with Gasteiger partial charge in [-0.25, -0.2) is 0 Å². The summed E-state index contributed by atoms with van der Waals surface area (Å²) in [5, 5.41) is 17.7. The van der Waals surface area contributed by atoms with Crippen molar-refractivity contribution in [1.29, 1.82) is 0 Å². The second-order valence-corrected chi connectivity index (χ2v) is 8.83. The molecule has 1 aliphatic heterocycles. The molecule has 3 atom stereocenters. The predicted octanol–water partition coefficient (Wildman–Crippen LogP) is 2.06. The number of hydrogen-bond acceptors (Lipinski definition) is 4. The van der Waals surface area contributed by atoms with Crippen molar-refractivity contribution in [2.45, 2.75) is 63.9 Å². The van der Waals surface area contributed by atoms with E-state index in [4.69, 9.17) is 0 Å². The number of nitrogens with zero attached hydrogens (tertiary/aromatic N) is 2. The van der Waals surface area contributed by atoms with Crippen molar-refractivity contribution in [1.82, 2.24) is 15.5 Å². The average Bonchev–Trinajstić information content (AvgIpc) is 3.04. The number of carbonyl (C=O) groups is 1. The van der Waals surface area contributed by atoms with Crippen LogP contribution in [-0.2, 0) is 4.79 Å². The highest BCUT2D eigenvalue weighted by molar-refractivity contribution is 14.0. The Morgan fingerprint density at radius 2 is 2.12 bits per heavy atom. The molecule has 0 aromatic carbocycles. The van der Waals surface area contributed by atoms with Gasteiger partial charge in [0.15, 0.2) is 5.96 Å². The highest BCUT2D eigenvalue weighted by Crippen LogP contribution is 2.41. The molecule has 26 heavy (non-hydrogen) atoms. The monoisotopic (exact) mass is 498 g/mol. The van der Waals surface area contributed by atoms with Gasteiger partial charge in [0.05, 0.1) is 12.1 Å². The summed E-state index contributed by atoms with van der Waals surface area (Å²) in [6.45, 7) is 10.8. The number of amides is 1. The zero-order valence-electron chi connectivity index (χ0n) is 16.5. The largest absolute Gasteiger partial charge is 0.387 e. The van der Waals surface area contributed by atoms with Crippen molar-refractivity contribution in [3.63, 3.8) is 0 Å². The molecule has 1 saturated heterocycles. The van der Waals surface area contributed by atoms with Crippen LogP contribution >= 0.6 is 35.7 Å². The number of aliphatic imine (C=N–C) groups is 1. The standard InChI is InChI=1S/C18H34N4O2S.HI/c1-5-19-17(20-12-18(24)9-7-15(18)25-6-2)21-14-8-10-22(11-14)16(23)13(3)4;/h13-15,24H,5-12H2,1-4H3,(H2,19,20,21);1H. The van der Waals surface area contributed by atoms with Gasteiger partial charge in [-0.2, -0.15) is 11.8 Å². The van der Waals surface area contributed by atoms with Gasteiger partial charge in [-0.1, -0.05) is 20.8 Å². The maximum atomic E-state index is 12.1. The van der Waals surface area contributed by atoms with Crippen LogP contribution in [0, 0.1) is 5.92 Å². The SMILES string of the molecule is CCNC(=NCC1(O)CCC1SCC)NC1CCN(C(=O)C(C)C)C1.I. The van der Waals surface area contributed by atoms with Crippen LogP contribution in [0.3, 0.4) is 0 Å². The molecule has 0 spiro atoms. The summed E-state index contributed by atoms with van der Waals surface area (Å²) >= 11 is 1.82. The van der Waals surface area contributed by atoms with E-state index in [1.54, 1.807) is 0 Å². The summed E-state index contributed by atoms with van der Waals surface area (Å²) in [4.78, 5) is 18.7. The molecular weight excluding hydrogens is 463 g/mol. The van der Waals surface area contributed by atoms with Crippen molar-refractivity contribution >= 4 is 47.6 Å². The fourth-order valence-corrected chi connectivity index (χ4v) is 4.58. The van der Waals surface area contributed by atoms with Gasteiger partial charge in [-0.15, -0.1) is 24.0 Å². The van der Waals surface area contributed by atoms with Crippen LogP contribution in [0.25, 0.3) is 0 Å². The highest BCUT2D eigenvalue weighted by Gasteiger charge is 2.45. The Bertz CT molecular complexity index is 492. The van der Waals surface area contributed by atoms with E-state index in [1.807, 2.05) is 37.4 Å². The average molecular weight is 498 g/mol. The van der Waals surface area contributed by atoms with Gasteiger partial charge in [-0.05, 0) is 31.9 Å². The number of carbonyl (C=O) groups excluding carboxylic acids is 1. The lowest BCUT2D eigenvalue weighted by atomic mass is 9.79. The molecule has 2 aliphatic rings. The molecule has 3 unspecified atom stereocenters. The first-order chi connectivity index (χ1) is 11.9. The highest BCUT2D eigenvalue weighted by atomic mass is 127. The van der Waals surface area contributed by atoms with Gasteiger partial charge in [0.25, 0.3) is 0 Å². The van der Waals surface area contributed by atoms with Gasteiger partial charge in [-0.3, -0.25) is 9.79 Å². The van der Waals surface area contributed by atoms with Crippen molar-refractivity contribution in [3.8, 4) is 0 Å². The van der Waals surface area contributed by atoms with E-state index in [-0.39, 0.29) is 41.8 Å². The fraction of sp³-hybridized carbons (Fsp3) is 0.889. The molecular formula is C18H35IN4O2S. The maximum absolute atomic E-state index is 12.1. The zero-order chi connectivity index (χ0) is 18.4. The van der Waals surface area contributed by atoms with Crippen molar-refractivity contribution in [2.24, 2.45) is 10.9 Å². The molecule has 152 valence electrons. The molecule has 2 fully saturated rings. The summed E-state index contributed by atoms with van der Waals surface area (Å²) in [6.07, 6.45) is 2.83. The number of hydrogen-bond donors (Lipinski definition) is 3. The Hall–Kier alpha value is -0.220. The van der Waals surface area contributed by atoms with E-state index in [2.05, 4.69) is 22.5 Å². The number of aliphatic hydroxyl groups is 1. The Kier molecular flexibility index (Phi) is 10.0. The van der Waals surface area contributed by atoms with Crippen LogP contribution in [-0.4, -0.2) is 70.7 Å². The lowest BCUT2D eigenvalue weighted by Gasteiger charge is -2.44. The molecule has 1 aliphatic carbocycles. The van der Waals surface area contributed by atoms with Crippen LogP contribution in [0.4, 0.5) is 0 Å². The number of nitrogens with one attached hydrogen (secondary N) is 2. The van der Waals surface area contributed by atoms with Crippen LogP contribution in [0.5, 0.6) is 0 Å². The van der Waals surface area contributed by atoms with Gasteiger partial charge >= 0.3 is 0 Å². The molecule has 8 heteroatoms. The molecule has 6 nitrogen and oxygen atoms in total. The normalized spacial score (nSPS) is 28.5. The summed E-state index contributed by atoms with van der Waals surface area (Å²) in [5.41, 5.74) is -0.668. The number of rotatable bonds is 7. The van der Waals surface area contributed by atoms with Gasteiger partial charge < -0.3 is 20.6 Å². The lowest BCUT2D eigenvalue weighted by molar-refractivity contribution is -0.133. The van der Waals surface area contributed by atoms with E-state index in [0.29, 0.717) is 11.8 Å². The van der Waals surface area contributed by atoms with Crippen LogP contribution in [0.2, 0.25) is 0 Å². The molecule has 3 N–H and O–H groups in total. The predicted molar refractivity (Wildman–Crippen MR) is 120 cm³/mol. The van der Waals surface area contributed by atoms with E-state index in [1.165, 1.54) is 0 Å². The van der Waals surface area contributed by atoms with Gasteiger partial charge in [0, 0.05) is 36.8 Å². The third-order valence-corrected chi connectivity index (χ3v) is 6.41. The quantitative estimate of drug-likeness (QED) is 0.285.